The Labute approximate surface area is 214 Å². The Hall–Kier alpha value is -4.45. The number of ether oxygens (including phenoxy) is 2. The molecular weight excluding hydrogens is 500 g/mol. The first kappa shape index (κ1) is 27.1. The van der Waals surface area contributed by atoms with Gasteiger partial charge >= 0.3 is 0 Å². The molecule has 37 heavy (non-hydrogen) atoms. The van der Waals surface area contributed by atoms with Crippen LogP contribution in [0.15, 0.2) is 71.8 Å². The molecule has 0 saturated carbocycles. The van der Waals surface area contributed by atoms with Crippen LogP contribution in [0.25, 0.3) is 0 Å². The first-order valence-electron chi connectivity index (χ1n) is 11.0. The lowest BCUT2D eigenvalue weighted by atomic mass is 10.2. The Morgan fingerprint density at radius 3 is 2.38 bits per heavy atom. The number of nitrogens with zero attached hydrogens (tertiary/aromatic N) is 3. The second-order valence-electron chi connectivity index (χ2n) is 8.02. The second kappa shape index (κ2) is 12.0. The predicted octanol–water partition coefficient (Wildman–Crippen LogP) is 3.41. The minimum Gasteiger partial charge on any atom is -0.495 e. The van der Waals surface area contributed by atoms with E-state index in [0.29, 0.717) is 17.1 Å². The summed E-state index contributed by atoms with van der Waals surface area (Å²) in [5.41, 5.74) is 4.86. The zero-order valence-electron chi connectivity index (χ0n) is 20.5. The van der Waals surface area contributed by atoms with E-state index >= 15 is 0 Å². The van der Waals surface area contributed by atoms with Crippen LogP contribution in [-0.4, -0.2) is 45.4 Å². The van der Waals surface area contributed by atoms with Crippen LogP contribution in [0.1, 0.15) is 16.7 Å². The second-order valence-corrected chi connectivity index (χ2v) is 9.93. The number of sulfonamides is 1. The molecule has 0 atom stereocenters. The van der Waals surface area contributed by atoms with E-state index < -0.39 is 27.4 Å². The van der Waals surface area contributed by atoms with E-state index in [1.807, 2.05) is 0 Å². The van der Waals surface area contributed by atoms with Crippen LogP contribution in [0.5, 0.6) is 11.5 Å². The van der Waals surface area contributed by atoms with Crippen molar-refractivity contribution in [2.24, 2.45) is 5.10 Å². The number of anilines is 1. The van der Waals surface area contributed by atoms with E-state index in [9.17, 15) is 23.3 Å². The maximum absolute atomic E-state index is 12.5. The van der Waals surface area contributed by atoms with E-state index in [0.717, 1.165) is 21.7 Å². The molecule has 1 N–H and O–H groups in total. The van der Waals surface area contributed by atoms with Crippen molar-refractivity contribution >= 4 is 33.5 Å². The fourth-order valence-corrected chi connectivity index (χ4v) is 4.10. The van der Waals surface area contributed by atoms with Crippen LogP contribution in [-0.2, 0) is 21.4 Å². The van der Waals surface area contributed by atoms with Crippen LogP contribution in [0.3, 0.4) is 0 Å². The van der Waals surface area contributed by atoms with Gasteiger partial charge in [-0.25, -0.2) is 13.8 Å². The van der Waals surface area contributed by atoms with Crippen molar-refractivity contribution in [3.05, 3.63) is 93.5 Å². The Balaban J connectivity index is 1.57. The van der Waals surface area contributed by atoms with Crippen molar-refractivity contribution in [2.45, 2.75) is 13.5 Å². The number of methoxy groups -OCH3 is 1. The van der Waals surface area contributed by atoms with Gasteiger partial charge in [0.15, 0.2) is 0 Å². The van der Waals surface area contributed by atoms with Gasteiger partial charge in [0.25, 0.3) is 11.6 Å². The third kappa shape index (κ3) is 7.77. The number of hydrogen-bond donors (Lipinski definition) is 1. The molecule has 0 fully saturated rings. The Kier molecular flexibility index (Phi) is 8.80. The summed E-state index contributed by atoms with van der Waals surface area (Å²) in [6.45, 7) is 1.56. The van der Waals surface area contributed by atoms with Crippen molar-refractivity contribution in [2.75, 3.05) is 24.2 Å². The number of hydrogen-bond acceptors (Lipinski definition) is 8. The van der Waals surface area contributed by atoms with Crippen molar-refractivity contribution in [1.29, 1.82) is 0 Å². The fraction of sp³-hybridized carbons (Fsp3) is 0.200. The van der Waals surface area contributed by atoms with Gasteiger partial charge in [0.05, 0.1) is 30.2 Å². The van der Waals surface area contributed by atoms with E-state index in [-0.39, 0.29) is 18.0 Å². The SMILES string of the molecule is COc1ccc(C)cc1N(CC(=O)N/N=C\c1ccc(OCc2ccc([N+](=O)[O-])cc2)cc1)S(C)(=O)=O. The van der Waals surface area contributed by atoms with Crippen LogP contribution < -0.4 is 19.2 Å². The topological polar surface area (TPSA) is 140 Å². The van der Waals surface area contributed by atoms with E-state index in [2.05, 4.69) is 10.5 Å². The van der Waals surface area contributed by atoms with Gasteiger partial charge in [0.1, 0.15) is 24.7 Å². The highest BCUT2D eigenvalue weighted by atomic mass is 32.2. The average Bonchev–Trinajstić information content (AvgIpc) is 2.86. The summed E-state index contributed by atoms with van der Waals surface area (Å²) in [5, 5.41) is 14.6. The molecule has 0 bridgehead atoms. The number of nitro benzene ring substituents is 1. The molecule has 12 heteroatoms. The minimum atomic E-state index is -3.78. The number of benzene rings is 3. The lowest BCUT2D eigenvalue weighted by molar-refractivity contribution is -0.384. The molecule has 194 valence electrons. The molecule has 3 rings (SSSR count). The summed E-state index contributed by atoms with van der Waals surface area (Å²) in [5.74, 6) is 0.270. The third-order valence-corrected chi connectivity index (χ3v) is 6.25. The first-order valence-corrected chi connectivity index (χ1v) is 12.8. The van der Waals surface area contributed by atoms with Gasteiger partial charge < -0.3 is 9.47 Å². The predicted molar refractivity (Wildman–Crippen MR) is 140 cm³/mol. The quantitative estimate of drug-likeness (QED) is 0.229. The highest BCUT2D eigenvalue weighted by molar-refractivity contribution is 7.92. The zero-order chi connectivity index (χ0) is 27.0. The number of carbonyl (C=O) groups excluding carboxylic acids is 1. The largest absolute Gasteiger partial charge is 0.495 e. The van der Waals surface area contributed by atoms with Crippen molar-refractivity contribution in [3.8, 4) is 11.5 Å². The number of nitro groups is 1. The number of rotatable bonds is 11. The fourth-order valence-electron chi connectivity index (χ4n) is 3.25. The number of non-ortho nitro benzene ring substituents is 1. The maximum atomic E-state index is 12.5. The van der Waals surface area contributed by atoms with Crippen LogP contribution >= 0.6 is 0 Å². The molecule has 0 saturated heterocycles. The number of aryl methyl sites for hydroxylation is 1. The number of hydrazone groups is 1. The van der Waals surface area contributed by atoms with E-state index in [4.69, 9.17) is 9.47 Å². The molecule has 0 spiro atoms. The molecule has 3 aromatic carbocycles. The minimum absolute atomic E-state index is 0.0124. The number of amides is 1. The summed E-state index contributed by atoms with van der Waals surface area (Å²) in [6, 6.07) is 18.0. The smallest absolute Gasteiger partial charge is 0.269 e. The molecule has 1 amide bonds. The third-order valence-electron chi connectivity index (χ3n) is 5.13. The van der Waals surface area contributed by atoms with Gasteiger partial charge in [0.2, 0.25) is 10.0 Å². The Morgan fingerprint density at radius 1 is 1.11 bits per heavy atom. The molecule has 3 aromatic rings. The lowest BCUT2D eigenvalue weighted by Gasteiger charge is -2.23. The van der Waals surface area contributed by atoms with Crippen molar-refractivity contribution < 1.29 is 27.6 Å². The van der Waals surface area contributed by atoms with Gasteiger partial charge in [-0.1, -0.05) is 6.07 Å². The zero-order valence-corrected chi connectivity index (χ0v) is 21.3. The normalized spacial score (nSPS) is 11.2. The van der Waals surface area contributed by atoms with Gasteiger partial charge in [-0.15, -0.1) is 0 Å². The monoisotopic (exact) mass is 526 g/mol. The van der Waals surface area contributed by atoms with E-state index in [1.54, 1.807) is 61.5 Å². The van der Waals surface area contributed by atoms with Crippen LogP contribution in [0, 0.1) is 17.0 Å². The summed E-state index contributed by atoms with van der Waals surface area (Å²) < 4.78 is 36.6. The van der Waals surface area contributed by atoms with E-state index in [1.165, 1.54) is 25.5 Å². The van der Waals surface area contributed by atoms with Crippen molar-refractivity contribution in [3.63, 3.8) is 0 Å². The molecule has 11 nitrogen and oxygen atoms in total. The van der Waals surface area contributed by atoms with Gasteiger partial charge in [0, 0.05) is 12.1 Å². The van der Waals surface area contributed by atoms with Gasteiger partial charge in [-0.05, 0) is 72.1 Å². The molecule has 0 unspecified atom stereocenters. The summed E-state index contributed by atoms with van der Waals surface area (Å²) in [6.07, 6.45) is 2.42. The average molecular weight is 527 g/mol. The van der Waals surface area contributed by atoms with Gasteiger partial charge in [-0.3, -0.25) is 19.2 Å². The maximum Gasteiger partial charge on any atom is 0.269 e. The highest BCUT2D eigenvalue weighted by Crippen LogP contribution is 2.30. The number of carbonyl (C=O) groups is 1. The Bertz CT molecular complexity index is 1390. The molecule has 0 radical (unpaired) electrons. The van der Waals surface area contributed by atoms with Crippen LogP contribution in [0.4, 0.5) is 11.4 Å². The first-order chi connectivity index (χ1) is 17.6. The van der Waals surface area contributed by atoms with Gasteiger partial charge in [-0.2, -0.15) is 5.10 Å². The molecule has 0 aromatic heterocycles. The van der Waals surface area contributed by atoms with Crippen molar-refractivity contribution in [1.82, 2.24) is 5.43 Å². The summed E-state index contributed by atoms with van der Waals surface area (Å²) in [4.78, 5) is 22.7. The highest BCUT2D eigenvalue weighted by Gasteiger charge is 2.24. The standard InChI is InChI=1S/C25H26N4O7S/c1-18-4-13-24(35-2)23(14-18)28(37(3,33)34)16-25(30)27-26-15-19-7-11-22(12-8-19)36-17-20-5-9-21(10-6-20)29(31)32/h4-15H,16-17H2,1-3H3,(H,27,30)/b26-15-. The van der Waals surface area contributed by atoms with Crippen LogP contribution in [0.2, 0.25) is 0 Å². The molecular formula is C25H26N4O7S. The molecule has 0 aliphatic rings. The summed E-state index contributed by atoms with van der Waals surface area (Å²) in [7, 11) is -2.36. The molecule has 0 heterocycles. The molecule has 0 aliphatic carbocycles. The number of nitrogens with one attached hydrogen (secondary N) is 1. The lowest BCUT2D eigenvalue weighted by Crippen LogP contribution is -2.39. The Morgan fingerprint density at radius 2 is 1.78 bits per heavy atom. The summed E-state index contributed by atoms with van der Waals surface area (Å²) >= 11 is 0. The molecule has 0 aliphatic heterocycles.